The van der Waals surface area contributed by atoms with Gasteiger partial charge < -0.3 is 10.2 Å². The number of carboxylic acid groups (broad SMARTS) is 1. The van der Waals surface area contributed by atoms with Gasteiger partial charge in [-0.05, 0) is 0 Å². The molecule has 0 spiro atoms. The molecule has 0 saturated heterocycles. The molecule has 1 unspecified atom stereocenters. The van der Waals surface area contributed by atoms with E-state index in [4.69, 9.17) is 10.2 Å². The molecule has 2 N–H and O–H groups in total. The number of carboxylic acids is 1. The van der Waals surface area contributed by atoms with E-state index in [9.17, 15) is 9.18 Å². The Morgan fingerprint density at radius 2 is 2.44 bits per heavy atom. The van der Waals surface area contributed by atoms with Crippen molar-refractivity contribution in [3.05, 3.63) is 0 Å². The Morgan fingerprint density at radius 3 is 2.56 bits per heavy atom. The van der Waals surface area contributed by atoms with E-state index in [-0.39, 0.29) is 6.47 Å². The van der Waals surface area contributed by atoms with E-state index in [1.54, 1.807) is 0 Å². The standard InChI is InChI=1S/C4H6FNO3/c5-2-6-3(1-7)4(8)9/h2-3,7H,1H2,(H,8,9). The minimum atomic E-state index is -1.37. The number of aliphatic hydroxyl groups is 1. The Kier molecular flexibility index (Phi) is 3.54. The Hall–Kier alpha value is -0.970. The molecule has 0 bridgehead atoms. The molecule has 0 amide bonds. The lowest BCUT2D eigenvalue weighted by atomic mass is 10.3. The van der Waals surface area contributed by atoms with Crippen molar-refractivity contribution in [3.8, 4) is 0 Å². The molecule has 0 aliphatic carbocycles. The van der Waals surface area contributed by atoms with Crippen molar-refractivity contribution in [2.24, 2.45) is 4.99 Å². The van der Waals surface area contributed by atoms with E-state index in [1.807, 2.05) is 0 Å². The van der Waals surface area contributed by atoms with Gasteiger partial charge in [-0.2, -0.15) is 4.39 Å². The van der Waals surface area contributed by atoms with Gasteiger partial charge in [0.15, 0.2) is 12.5 Å². The Balaban J connectivity index is 3.83. The van der Waals surface area contributed by atoms with Gasteiger partial charge in [0.05, 0.1) is 6.61 Å². The van der Waals surface area contributed by atoms with Crippen LogP contribution in [0.1, 0.15) is 0 Å². The third kappa shape index (κ3) is 2.76. The second kappa shape index (κ2) is 3.96. The summed E-state index contributed by atoms with van der Waals surface area (Å²) in [5.41, 5.74) is 0. The summed E-state index contributed by atoms with van der Waals surface area (Å²) in [5.74, 6) is -1.34. The van der Waals surface area contributed by atoms with Crippen molar-refractivity contribution in [1.82, 2.24) is 0 Å². The average molecular weight is 135 g/mol. The highest BCUT2D eigenvalue weighted by atomic mass is 19.1. The molecule has 0 fully saturated rings. The van der Waals surface area contributed by atoms with Crippen LogP contribution < -0.4 is 0 Å². The maximum atomic E-state index is 11.1. The van der Waals surface area contributed by atoms with Gasteiger partial charge in [0.1, 0.15) is 0 Å². The lowest BCUT2D eigenvalue weighted by Gasteiger charge is -1.98. The van der Waals surface area contributed by atoms with Gasteiger partial charge >= 0.3 is 5.97 Å². The molecule has 0 heterocycles. The first-order valence-corrected chi connectivity index (χ1v) is 2.18. The van der Waals surface area contributed by atoms with Gasteiger partial charge in [-0.15, -0.1) is 0 Å². The summed E-state index contributed by atoms with van der Waals surface area (Å²) in [6, 6.07) is -1.37. The third-order valence-corrected chi connectivity index (χ3v) is 0.694. The molecule has 0 aliphatic heterocycles. The van der Waals surface area contributed by atoms with Crippen molar-refractivity contribution in [2.45, 2.75) is 6.04 Å². The molecule has 4 nitrogen and oxygen atoms in total. The molecule has 0 radical (unpaired) electrons. The monoisotopic (exact) mass is 135 g/mol. The number of halogens is 1. The summed E-state index contributed by atoms with van der Waals surface area (Å²) in [5, 5.41) is 16.2. The van der Waals surface area contributed by atoms with Gasteiger partial charge in [-0.1, -0.05) is 0 Å². The Bertz CT molecular complexity index is 125. The van der Waals surface area contributed by atoms with Crippen LogP contribution in [0.5, 0.6) is 0 Å². The van der Waals surface area contributed by atoms with Gasteiger partial charge in [-0.3, -0.25) is 0 Å². The first kappa shape index (κ1) is 8.03. The first-order chi connectivity index (χ1) is 4.22. The molecule has 1 atom stereocenters. The largest absolute Gasteiger partial charge is 0.480 e. The van der Waals surface area contributed by atoms with Crippen LogP contribution in [0, 0.1) is 0 Å². The van der Waals surface area contributed by atoms with Crippen molar-refractivity contribution in [1.29, 1.82) is 0 Å². The number of aliphatic imine (C=N–C) groups is 1. The fourth-order valence-corrected chi connectivity index (χ4v) is 0.257. The SMILES string of the molecule is O=C(O)C(CO)N=CF. The zero-order chi connectivity index (χ0) is 7.28. The second-order valence-corrected chi connectivity index (χ2v) is 1.28. The number of aliphatic carboxylic acids is 1. The molecule has 5 heteroatoms. The second-order valence-electron chi connectivity index (χ2n) is 1.28. The van der Waals surface area contributed by atoms with E-state index < -0.39 is 18.6 Å². The number of rotatable bonds is 3. The van der Waals surface area contributed by atoms with Crippen molar-refractivity contribution in [3.63, 3.8) is 0 Å². The van der Waals surface area contributed by atoms with Gasteiger partial charge in [0.25, 0.3) is 0 Å². The fourth-order valence-electron chi connectivity index (χ4n) is 0.257. The molecule has 9 heavy (non-hydrogen) atoms. The topological polar surface area (TPSA) is 69.9 Å². The van der Waals surface area contributed by atoms with Crippen LogP contribution in [0.15, 0.2) is 4.99 Å². The number of hydrogen-bond donors (Lipinski definition) is 2. The molecule has 52 valence electrons. The summed E-state index contributed by atoms with van der Waals surface area (Å²) in [6.07, 6.45) is 0. The number of nitrogens with zero attached hydrogens (tertiary/aromatic N) is 1. The molecule has 0 aliphatic rings. The van der Waals surface area contributed by atoms with Crippen LogP contribution in [0.3, 0.4) is 0 Å². The molecule has 0 rings (SSSR count). The predicted molar refractivity (Wildman–Crippen MR) is 28.1 cm³/mol. The number of hydrogen-bond acceptors (Lipinski definition) is 3. The van der Waals surface area contributed by atoms with Crippen molar-refractivity contribution < 1.29 is 19.4 Å². The summed E-state index contributed by atoms with van der Waals surface area (Å²) in [6.45, 7) is -0.829. The highest BCUT2D eigenvalue weighted by Gasteiger charge is 2.12. The van der Waals surface area contributed by atoms with Crippen LogP contribution in [0.25, 0.3) is 0 Å². The summed E-state index contributed by atoms with van der Waals surface area (Å²) < 4.78 is 11.1. The molecule has 0 aromatic heterocycles. The van der Waals surface area contributed by atoms with E-state index in [2.05, 4.69) is 4.99 Å². The van der Waals surface area contributed by atoms with E-state index in [0.29, 0.717) is 0 Å². The Labute approximate surface area is 50.6 Å². The van der Waals surface area contributed by atoms with Crippen LogP contribution >= 0.6 is 0 Å². The minimum absolute atomic E-state index is 0.144. The zero-order valence-electron chi connectivity index (χ0n) is 4.49. The highest BCUT2D eigenvalue weighted by Crippen LogP contribution is 1.87. The first-order valence-electron chi connectivity index (χ1n) is 2.18. The van der Waals surface area contributed by atoms with Crippen molar-refractivity contribution >= 4 is 12.4 Å². The smallest absolute Gasteiger partial charge is 0.330 e. The highest BCUT2D eigenvalue weighted by molar-refractivity contribution is 5.75. The van der Waals surface area contributed by atoms with E-state index >= 15 is 0 Å². The maximum Gasteiger partial charge on any atom is 0.330 e. The van der Waals surface area contributed by atoms with Crippen molar-refractivity contribution in [2.75, 3.05) is 6.61 Å². The van der Waals surface area contributed by atoms with Crippen LogP contribution in [-0.4, -0.2) is 35.3 Å². The average Bonchev–Trinajstić information content (AvgIpc) is 1.82. The summed E-state index contributed by atoms with van der Waals surface area (Å²) in [4.78, 5) is 12.7. The van der Waals surface area contributed by atoms with Crippen LogP contribution in [0.4, 0.5) is 4.39 Å². The predicted octanol–water partition coefficient (Wildman–Crippen LogP) is -0.570. The van der Waals surface area contributed by atoms with E-state index in [1.165, 1.54) is 0 Å². The quantitative estimate of drug-likeness (QED) is 0.509. The normalized spacial score (nSPS) is 14.0. The minimum Gasteiger partial charge on any atom is -0.480 e. The third-order valence-electron chi connectivity index (χ3n) is 0.694. The van der Waals surface area contributed by atoms with Gasteiger partial charge in [0, 0.05) is 0 Å². The summed E-state index contributed by atoms with van der Waals surface area (Å²) >= 11 is 0. The van der Waals surface area contributed by atoms with Crippen LogP contribution in [-0.2, 0) is 4.79 Å². The fraction of sp³-hybridized carbons (Fsp3) is 0.500. The molecule has 0 saturated carbocycles. The molecular weight excluding hydrogens is 129 g/mol. The molecular formula is C4H6FNO3. The van der Waals surface area contributed by atoms with Crippen LogP contribution in [0.2, 0.25) is 0 Å². The van der Waals surface area contributed by atoms with Gasteiger partial charge in [-0.25, -0.2) is 9.79 Å². The number of carbonyl (C=O) groups is 1. The summed E-state index contributed by atoms with van der Waals surface area (Å²) in [7, 11) is 0. The number of aliphatic hydroxyl groups excluding tert-OH is 1. The maximum absolute atomic E-state index is 11.1. The Morgan fingerprint density at radius 1 is 1.89 bits per heavy atom. The van der Waals surface area contributed by atoms with E-state index in [0.717, 1.165) is 0 Å². The van der Waals surface area contributed by atoms with Gasteiger partial charge in [0.2, 0.25) is 0 Å². The zero-order valence-corrected chi connectivity index (χ0v) is 4.49. The molecule has 0 aromatic carbocycles. The lowest BCUT2D eigenvalue weighted by Crippen LogP contribution is -2.21. The lowest BCUT2D eigenvalue weighted by molar-refractivity contribution is -0.139. The molecule has 0 aromatic rings.